The van der Waals surface area contributed by atoms with Crippen LogP contribution >= 0.6 is 0 Å². The molecule has 0 amide bonds. The van der Waals surface area contributed by atoms with Crippen molar-refractivity contribution in [3.8, 4) is 0 Å². The average molecular weight is 205 g/mol. The van der Waals surface area contributed by atoms with E-state index in [0.717, 1.165) is 6.54 Å². The SMILES string of the molecule is CCNC(C)C.C[SiH2]OC(C)(C)C. The molecule has 0 aromatic carbocycles. The Kier molecular flexibility index (Phi) is 10.5. The van der Waals surface area contributed by atoms with Crippen molar-refractivity contribution in [2.75, 3.05) is 6.54 Å². The fourth-order valence-electron chi connectivity index (χ4n) is 0.841. The maximum absolute atomic E-state index is 5.37. The average Bonchev–Trinajstić information content (AvgIpc) is 1.84. The van der Waals surface area contributed by atoms with E-state index in [-0.39, 0.29) is 15.4 Å². The normalized spacial score (nSPS) is 12.0. The second-order valence-corrected chi connectivity index (χ2v) is 5.12. The molecule has 0 aliphatic rings. The molecule has 0 bridgehead atoms. The van der Waals surface area contributed by atoms with Crippen LogP contribution in [0, 0.1) is 0 Å². The first kappa shape index (κ1) is 15.6. The van der Waals surface area contributed by atoms with Crippen LogP contribution in [0.15, 0.2) is 0 Å². The van der Waals surface area contributed by atoms with E-state index in [1.807, 2.05) is 0 Å². The highest BCUT2D eigenvalue weighted by Crippen LogP contribution is 2.03. The first-order chi connectivity index (χ1) is 5.83. The summed E-state index contributed by atoms with van der Waals surface area (Å²) in [7, 11) is -0.190. The van der Waals surface area contributed by atoms with Gasteiger partial charge in [-0.05, 0) is 27.3 Å². The highest BCUT2D eigenvalue weighted by molar-refractivity contribution is 6.24. The summed E-state index contributed by atoms with van der Waals surface area (Å²) >= 11 is 0. The van der Waals surface area contributed by atoms with Gasteiger partial charge < -0.3 is 9.74 Å². The predicted molar refractivity (Wildman–Crippen MR) is 64.1 cm³/mol. The van der Waals surface area contributed by atoms with E-state index in [1.54, 1.807) is 0 Å². The van der Waals surface area contributed by atoms with Gasteiger partial charge in [-0.1, -0.05) is 27.3 Å². The largest absolute Gasteiger partial charge is 0.420 e. The predicted octanol–water partition coefficient (Wildman–Crippen LogP) is 1.94. The Balaban J connectivity index is 0. The summed E-state index contributed by atoms with van der Waals surface area (Å²) in [4.78, 5) is 0. The van der Waals surface area contributed by atoms with Crippen LogP contribution in [-0.4, -0.2) is 28.0 Å². The maximum Gasteiger partial charge on any atom is 0.159 e. The molecular weight excluding hydrogens is 178 g/mol. The second-order valence-electron chi connectivity index (χ2n) is 4.26. The molecule has 1 N–H and O–H groups in total. The Morgan fingerprint density at radius 1 is 1.31 bits per heavy atom. The Morgan fingerprint density at radius 2 is 1.77 bits per heavy atom. The fraction of sp³-hybridized carbons (Fsp3) is 1.00. The first-order valence-corrected chi connectivity index (χ1v) is 7.20. The topological polar surface area (TPSA) is 21.3 Å². The number of nitrogens with one attached hydrogen (secondary N) is 1. The van der Waals surface area contributed by atoms with Crippen molar-refractivity contribution in [2.45, 2.75) is 59.7 Å². The van der Waals surface area contributed by atoms with Crippen LogP contribution in [0.3, 0.4) is 0 Å². The van der Waals surface area contributed by atoms with Gasteiger partial charge in [0.2, 0.25) is 0 Å². The van der Waals surface area contributed by atoms with Crippen molar-refractivity contribution in [1.82, 2.24) is 5.32 Å². The van der Waals surface area contributed by atoms with Gasteiger partial charge in [-0.15, -0.1) is 0 Å². The van der Waals surface area contributed by atoms with Gasteiger partial charge in [0.15, 0.2) is 9.76 Å². The van der Waals surface area contributed by atoms with Gasteiger partial charge >= 0.3 is 0 Å². The molecule has 0 aromatic heterocycles. The highest BCUT2D eigenvalue weighted by Gasteiger charge is 2.05. The summed E-state index contributed by atoms with van der Waals surface area (Å²) in [5.41, 5.74) is 0.112. The van der Waals surface area contributed by atoms with Crippen molar-refractivity contribution in [3.05, 3.63) is 0 Å². The third-order valence-electron chi connectivity index (χ3n) is 1.19. The van der Waals surface area contributed by atoms with E-state index in [0.29, 0.717) is 6.04 Å². The van der Waals surface area contributed by atoms with Crippen molar-refractivity contribution in [3.63, 3.8) is 0 Å². The number of rotatable bonds is 3. The summed E-state index contributed by atoms with van der Waals surface area (Å²) in [6.07, 6.45) is 0. The zero-order valence-electron chi connectivity index (χ0n) is 10.4. The summed E-state index contributed by atoms with van der Waals surface area (Å²) < 4.78 is 5.37. The van der Waals surface area contributed by atoms with Crippen LogP contribution in [0.25, 0.3) is 0 Å². The van der Waals surface area contributed by atoms with Crippen LogP contribution in [0.1, 0.15) is 41.5 Å². The molecule has 0 saturated carbocycles. The molecule has 2 nitrogen and oxygen atoms in total. The lowest BCUT2D eigenvalue weighted by atomic mass is 10.2. The first-order valence-electron chi connectivity index (χ1n) is 5.20. The molecule has 0 aliphatic carbocycles. The molecule has 13 heavy (non-hydrogen) atoms. The Morgan fingerprint density at radius 3 is 1.77 bits per heavy atom. The van der Waals surface area contributed by atoms with Gasteiger partial charge in [-0.25, -0.2) is 0 Å². The van der Waals surface area contributed by atoms with Crippen molar-refractivity contribution >= 4 is 9.76 Å². The lowest BCUT2D eigenvalue weighted by Gasteiger charge is -2.17. The fourth-order valence-corrected chi connectivity index (χ4v) is 1.71. The van der Waals surface area contributed by atoms with Crippen LogP contribution in [0.4, 0.5) is 0 Å². The zero-order chi connectivity index (χ0) is 10.9. The van der Waals surface area contributed by atoms with Gasteiger partial charge in [0.05, 0.1) is 0 Å². The standard InChI is InChI=1S/C5H13N.C5H14OSi/c1-4-6-5(2)3;1-5(2,3)6-7-4/h5-6H,4H2,1-3H3;7H2,1-4H3. The number of hydrogen-bond donors (Lipinski definition) is 1. The molecule has 0 saturated heterocycles. The van der Waals surface area contributed by atoms with E-state index in [9.17, 15) is 0 Å². The Bertz CT molecular complexity index is 99.6. The zero-order valence-corrected chi connectivity index (χ0v) is 11.8. The lowest BCUT2D eigenvalue weighted by Crippen LogP contribution is -2.21. The quantitative estimate of drug-likeness (QED) is 0.711. The smallest absolute Gasteiger partial charge is 0.159 e. The van der Waals surface area contributed by atoms with E-state index >= 15 is 0 Å². The molecule has 82 valence electrons. The summed E-state index contributed by atoms with van der Waals surface area (Å²) in [6.45, 7) is 15.9. The van der Waals surface area contributed by atoms with E-state index < -0.39 is 0 Å². The second kappa shape index (κ2) is 8.72. The van der Waals surface area contributed by atoms with Crippen LogP contribution in [0.2, 0.25) is 6.55 Å². The highest BCUT2D eigenvalue weighted by atomic mass is 28.2. The van der Waals surface area contributed by atoms with Crippen LogP contribution < -0.4 is 5.32 Å². The third-order valence-corrected chi connectivity index (χ3v) is 2.34. The van der Waals surface area contributed by atoms with Crippen molar-refractivity contribution < 1.29 is 4.43 Å². The summed E-state index contributed by atoms with van der Waals surface area (Å²) in [6, 6.07) is 0.648. The molecule has 0 rings (SSSR count). The van der Waals surface area contributed by atoms with Gasteiger partial charge in [0.1, 0.15) is 0 Å². The van der Waals surface area contributed by atoms with E-state index in [4.69, 9.17) is 4.43 Å². The monoisotopic (exact) mass is 205 g/mol. The molecule has 0 radical (unpaired) electrons. The minimum absolute atomic E-state index is 0.112. The number of hydrogen-bond acceptors (Lipinski definition) is 2. The maximum atomic E-state index is 5.37. The summed E-state index contributed by atoms with van der Waals surface area (Å²) in [5, 5.41) is 3.21. The molecule has 0 aliphatic heterocycles. The molecule has 0 aromatic rings. The van der Waals surface area contributed by atoms with E-state index in [2.05, 4.69) is 53.4 Å². The van der Waals surface area contributed by atoms with Crippen molar-refractivity contribution in [2.24, 2.45) is 0 Å². The molecule has 0 fully saturated rings. The van der Waals surface area contributed by atoms with Crippen molar-refractivity contribution in [1.29, 1.82) is 0 Å². The molecule has 0 unspecified atom stereocenters. The van der Waals surface area contributed by atoms with E-state index in [1.165, 1.54) is 0 Å². The molecule has 0 spiro atoms. The van der Waals surface area contributed by atoms with Crippen LogP contribution in [-0.2, 0) is 4.43 Å². The minimum atomic E-state index is -0.190. The van der Waals surface area contributed by atoms with Gasteiger partial charge in [-0.2, -0.15) is 0 Å². The molecule has 0 heterocycles. The lowest BCUT2D eigenvalue weighted by molar-refractivity contribution is 0.140. The van der Waals surface area contributed by atoms with Crippen LogP contribution in [0.5, 0.6) is 0 Å². The van der Waals surface area contributed by atoms with Gasteiger partial charge in [-0.3, -0.25) is 0 Å². The van der Waals surface area contributed by atoms with Gasteiger partial charge in [0.25, 0.3) is 0 Å². The molecule has 3 heteroatoms. The molecule has 0 atom stereocenters. The third kappa shape index (κ3) is 24.5. The Labute approximate surface area is 86.4 Å². The minimum Gasteiger partial charge on any atom is -0.420 e. The molecular formula is C10H27NOSi. The van der Waals surface area contributed by atoms with Gasteiger partial charge in [0, 0.05) is 11.6 Å². The Hall–Kier alpha value is 0.137. The summed E-state index contributed by atoms with van der Waals surface area (Å²) in [5.74, 6) is 0.